The first-order chi connectivity index (χ1) is 13.2. The standard InChI is InChI=1S/C27H48/c1-6-11-13-15-16-18-20-25(19-17-14-12-7-2)26-21-23(8-3)27(10-5)24(9-4)22-26/h21-22,25H,6-20H2,1-5H3. The van der Waals surface area contributed by atoms with Gasteiger partial charge in [0.25, 0.3) is 0 Å². The normalized spacial score (nSPS) is 12.5. The first kappa shape index (κ1) is 24.3. The number of hydrogen-bond donors (Lipinski definition) is 0. The Morgan fingerprint density at radius 3 is 1.44 bits per heavy atom. The van der Waals surface area contributed by atoms with Gasteiger partial charge in [-0.25, -0.2) is 0 Å². The van der Waals surface area contributed by atoms with Gasteiger partial charge in [-0.15, -0.1) is 0 Å². The molecule has 1 unspecified atom stereocenters. The molecule has 156 valence electrons. The van der Waals surface area contributed by atoms with Crippen LogP contribution in [-0.4, -0.2) is 0 Å². The Bertz CT molecular complexity index is 460. The topological polar surface area (TPSA) is 0 Å². The molecule has 1 aromatic rings. The highest BCUT2D eigenvalue weighted by Crippen LogP contribution is 2.32. The van der Waals surface area contributed by atoms with Crippen molar-refractivity contribution in [2.45, 2.75) is 137 Å². The van der Waals surface area contributed by atoms with Crippen LogP contribution in [0.4, 0.5) is 0 Å². The molecule has 0 nitrogen and oxygen atoms in total. The molecular formula is C27H48. The molecule has 27 heavy (non-hydrogen) atoms. The Kier molecular flexibility index (Phi) is 13.6. The van der Waals surface area contributed by atoms with Gasteiger partial charge in [0.1, 0.15) is 0 Å². The highest BCUT2D eigenvalue weighted by molar-refractivity contribution is 5.41. The first-order valence-corrected chi connectivity index (χ1v) is 12.4. The van der Waals surface area contributed by atoms with Crippen LogP contribution in [-0.2, 0) is 19.3 Å². The molecule has 0 saturated carbocycles. The summed E-state index contributed by atoms with van der Waals surface area (Å²) < 4.78 is 0. The molecule has 0 radical (unpaired) electrons. The van der Waals surface area contributed by atoms with Crippen LogP contribution in [0.15, 0.2) is 12.1 Å². The Balaban J connectivity index is 2.83. The second-order valence-corrected chi connectivity index (χ2v) is 8.48. The Labute approximate surface area is 171 Å². The van der Waals surface area contributed by atoms with E-state index in [4.69, 9.17) is 0 Å². The molecule has 0 aliphatic rings. The molecule has 1 rings (SSSR count). The minimum absolute atomic E-state index is 0.787. The molecule has 1 atom stereocenters. The minimum Gasteiger partial charge on any atom is -0.0654 e. The van der Waals surface area contributed by atoms with Crippen LogP contribution >= 0.6 is 0 Å². The van der Waals surface area contributed by atoms with Crippen molar-refractivity contribution in [2.75, 3.05) is 0 Å². The lowest BCUT2D eigenvalue weighted by atomic mass is 9.83. The van der Waals surface area contributed by atoms with Gasteiger partial charge in [0, 0.05) is 0 Å². The fourth-order valence-electron chi connectivity index (χ4n) is 4.61. The zero-order valence-corrected chi connectivity index (χ0v) is 19.3. The van der Waals surface area contributed by atoms with Gasteiger partial charge < -0.3 is 0 Å². The predicted molar refractivity (Wildman–Crippen MR) is 124 cm³/mol. The third-order valence-electron chi connectivity index (χ3n) is 6.36. The van der Waals surface area contributed by atoms with Gasteiger partial charge in [0.05, 0.1) is 0 Å². The Morgan fingerprint density at radius 2 is 1.00 bits per heavy atom. The SMILES string of the molecule is CCCCCCCCC(CCCCCC)c1cc(CC)c(CC)c(CC)c1. The number of unbranched alkanes of at least 4 members (excludes halogenated alkanes) is 8. The molecule has 0 aromatic heterocycles. The molecule has 0 bridgehead atoms. The lowest BCUT2D eigenvalue weighted by Crippen LogP contribution is -2.05. The maximum absolute atomic E-state index is 2.58. The molecule has 0 heteroatoms. The Hall–Kier alpha value is -0.780. The van der Waals surface area contributed by atoms with Crippen LogP contribution in [0, 0.1) is 0 Å². The van der Waals surface area contributed by atoms with Crippen molar-refractivity contribution in [3.05, 3.63) is 34.4 Å². The average Bonchev–Trinajstić information content (AvgIpc) is 2.70. The number of benzene rings is 1. The monoisotopic (exact) mass is 372 g/mol. The third kappa shape index (κ3) is 8.84. The maximum Gasteiger partial charge on any atom is -0.0162 e. The lowest BCUT2D eigenvalue weighted by molar-refractivity contribution is 0.490. The molecule has 0 aliphatic heterocycles. The second-order valence-electron chi connectivity index (χ2n) is 8.48. The van der Waals surface area contributed by atoms with E-state index in [1.165, 1.54) is 96.3 Å². The number of rotatable bonds is 16. The van der Waals surface area contributed by atoms with E-state index in [-0.39, 0.29) is 0 Å². The van der Waals surface area contributed by atoms with Gasteiger partial charge in [0.15, 0.2) is 0 Å². The van der Waals surface area contributed by atoms with E-state index in [0.717, 1.165) is 5.92 Å². The highest BCUT2D eigenvalue weighted by atomic mass is 14.2. The second kappa shape index (κ2) is 15.2. The van der Waals surface area contributed by atoms with Crippen molar-refractivity contribution in [1.82, 2.24) is 0 Å². The summed E-state index contributed by atoms with van der Waals surface area (Å²) in [6.07, 6.45) is 20.4. The van der Waals surface area contributed by atoms with Gasteiger partial charge in [-0.1, -0.05) is 111 Å². The summed E-state index contributed by atoms with van der Waals surface area (Å²) in [7, 11) is 0. The smallest absolute Gasteiger partial charge is 0.0162 e. The van der Waals surface area contributed by atoms with Gasteiger partial charge in [-0.3, -0.25) is 0 Å². The van der Waals surface area contributed by atoms with Crippen molar-refractivity contribution in [1.29, 1.82) is 0 Å². The summed E-state index contributed by atoms with van der Waals surface area (Å²) in [6.45, 7) is 11.6. The van der Waals surface area contributed by atoms with Crippen LogP contribution < -0.4 is 0 Å². The summed E-state index contributed by atoms with van der Waals surface area (Å²) in [5, 5.41) is 0. The largest absolute Gasteiger partial charge is 0.0654 e. The van der Waals surface area contributed by atoms with Gasteiger partial charge in [0.2, 0.25) is 0 Å². The number of hydrogen-bond acceptors (Lipinski definition) is 0. The van der Waals surface area contributed by atoms with E-state index < -0.39 is 0 Å². The van der Waals surface area contributed by atoms with Crippen molar-refractivity contribution in [3.8, 4) is 0 Å². The van der Waals surface area contributed by atoms with Crippen molar-refractivity contribution in [2.24, 2.45) is 0 Å². The van der Waals surface area contributed by atoms with Gasteiger partial charge >= 0.3 is 0 Å². The zero-order valence-electron chi connectivity index (χ0n) is 19.3. The minimum atomic E-state index is 0.787. The maximum atomic E-state index is 2.58. The summed E-state index contributed by atoms with van der Waals surface area (Å²) in [5.41, 5.74) is 6.53. The quantitative estimate of drug-likeness (QED) is 0.254. The first-order valence-electron chi connectivity index (χ1n) is 12.4. The molecule has 1 aromatic carbocycles. The van der Waals surface area contributed by atoms with E-state index in [1.807, 2.05) is 0 Å². The average molecular weight is 373 g/mol. The van der Waals surface area contributed by atoms with Crippen molar-refractivity contribution in [3.63, 3.8) is 0 Å². The molecule has 0 spiro atoms. The van der Waals surface area contributed by atoms with Crippen molar-refractivity contribution < 1.29 is 0 Å². The number of aryl methyl sites for hydroxylation is 2. The van der Waals surface area contributed by atoms with Crippen LogP contribution in [0.25, 0.3) is 0 Å². The fourth-order valence-corrected chi connectivity index (χ4v) is 4.61. The van der Waals surface area contributed by atoms with Crippen LogP contribution in [0.3, 0.4) is 0 Å². The summed E-state index contributed by atoms with van der Waals surface area (Å²) >= 11 is 0. The van der Waals surface area contributed by atoms with Gasteiger partial charge in [-0.2, -0.15) is 0 Å². The Morgan fingerprint density at radius 1 is 0.556 bits per heavy atom. The van der Waals surface area contributed by atoms with Crippen LogP contribution in [0.5, 0.6) is 0 Å². The van der Waals surface area contributed by atoms with E-state index in [1.54, 1.807) is 22.3 Å². The molecule has 0 amide bonds. The van der Waals surface area contributed by atoms with E-state index in [9.17, 15) is 0 Å². The summed E-state index contributed by atoms with van der Waals surface area (Å²) in [6, 6.07) is 5.17. The molecule has 0 saturated heterocycles. The highest BCUT2D eigenvalue weighted by Gasteiger charge is 2.15. The van der Waals surface area contributed by atoms with Crippen molar-refractivity contribution >= 4 is 0 Å². The van der Waals surface area contributed by atoms with Crippen LogP contribution in [0.2, 0.25) is 0 Å². The molecule has 0 N–H and O–H groups in total. The van der Waals surface area contributed by atoms with Crippen LogP contribution in [0.1, 0.15) is 140 Å². The molecule has 0 fully saturated rings. The zero-order chi connectivity index (χ0) is 19.9. The van der Waals surface area contributed by atoms with E-state index in [2.05, 4.69) is 46.8 Å². The summed E-state index contributed by atoms with van der Waals surface area (Å²) in [4.78, 5) is 0. The third-order valence-corrected chi connectivity index (χ3v) is 6.36. The molecular weight excluding hydrogens is 324 g/mol. The fraction of sp³-hybridized carbons (Fsp3) is 0.778. The van der Waals surface area contributed by atoms with E-state index in [0.29, 0.717) is 0 Å². The van der Waals surface area contributed by atoms with Gasteiger partial charge in [-0.05, 0) is 60.3 Å². The molecule has 0 heterocycles. The lowest BCUT2D eigenvalue weighted by Gasteiger charge is -2.22. The molecule has 0 aliphatic carbocycles. The van der Waals surface area contributed by atoms with E-state index >= 15 is 0 Å². The predicted octanol–water partition coefficient (Wildman–Crippen LogP) is 9.18. The summed E-state index contributed by atoms with van der Waals surface area (Å²) in [5.74, 6) is 0.787.